The van der Waals surface area contributed by atoms with Crippen LogP contribution in [-0.2, 0) is 0 Å². The molecule has 1 atom stereocenters. The van der Waals surface area contributed by atoms with Gasteiger partial charge in [-0.2, -0.15) is 0 Å². The van der Waals surface area contributed by atoms with Crippen molar-refractivity contribution >= 4 is 5.91 Å². The molecule has 3 N–H and O–H groups in total. The highest BCUT2D eigenvalue weighted by molar-refractivity contribution is 5.95. The number of carbonyl (C=O) groups is 1. The SMILES string of the molecule is CC(CNC(=O)c1nc(-c2ccccn2)[nH]c(=O)c1O)c1ccccc1. The standard InChI is InChI=1S/C19H18N4O3/c1-12(13-7-3-2-4-8-13)11-21-18(25)15-16(24)19(26)23-17(22-15)14-9-5-6-10-20-14/h2-10,12,24H,11H2,1H3,(H,21,25)(H,22,23,26). The van der Waals surface area contributed by atoms with Gasteiger partial charge in [-0.25, -0.2) is 4.98 Å². The number of aromatic nitrogens is 3. The van der Waals surface area contributed by atoms with E-state index < -0.39 is 17.2 Å². The van der Waals surface area contributed by atoms with Gasteiger partial charge in [0, 0.05) is 12.7 Å². The Bertz CT molecular complexity index is 956. The van der Waals surface area contributed by atoms with Gasteiger partial charge in [0.2, 0.25) is 5.75 Å². The summed E-state index contributed by atoms with van der Waals surface area (Å²) in [5, 5.41) is 12.6. The molecule has 0 saturated carbocycles. The zero-order valence-electron chi connectivity index (χ0n) is 14.1. The van der Waals surface area contributed by atoms with Crippen LogP contribution in [0.3, 0.4) is 0 Å². The van der Waals surface area contributed by atoms with E-state index in [0.29, 0.717) is 12.2 Å². The molecule has 1 unspecified atom stereocenters. The van der Waals surface area contributed by atoms with Crippen molar-refractivity contribution in [2.45, 2.75) is 12.8 Å². The van der Waals surface area contributed by atoms with Gasteiger partial charge in [-0.1, -0.05) is 43.3 Å². The van der Waals surface area contributed by atoms with Crippen LogP contribution >= 0.6 is 0 Å². The topological polar surface area (TPSA) is 108 Å². The first kappa shape index (κ1) is 17.3. The Balaban J connectivity index is 1.81. The molecule has 0 fully saturated rings. The fraction of sp³-hybridized carbons (Fsp3) is 0.158. The Kier molecular flexibility index (Phi) is 5.07. The fourth-order valence-electron chi connectivity index (χ4n) is 2.48. The van der Waals surface area contributed by atoms with Crippen molar-refractivity contribution in [3.8, 4) is 17.3 Å². The molecule has 0 bridgehead atoms. The van der Waals surface area contributed by atoms with Gasteiger partial charge in [0.15, 0.2) is 11.5 Å². The Morgan fingerprint density at radius 2 is 1.92 bits per heavy atom. The third kappa shape index (κ3) is 3.77. The molecule has 0 spiro atoms. The van der Waals surface area contributed by atoms with E-state index in [9.17, 15) is 14.7 Å². The molecular formula is C19H18N4O3. The van der Waals surface area contributed by atoms with E-state index in [1.807, 2.05) is 37.3 Å². The zero-order valence-corrected chi connectivity index (χ0v) is 14.1. The molecule has 0 aliphatic carbocycles. The van der Waals surface area contributed by atoms with Crippen molar-refractivity contribution in [3.05, 3.63) is 76.3 Å². The number of nitrogens with one attached hydrogen (secondary N) is 2. The summed E-state index contributed by atoms with van der Waals surface area (Å²) in [6.07, 6.45) is 1.55. The molecule has 0 saturated heterocycles. The first-order valence-corrected chi connectivity index (χ1v) is 8.14. The van der Waals surface area contributed by atoms with E-state index in [-0.39, 0.29) is 17.4 Å². The number of nitrogens with zero attached hydrogens (tertiary/aromatic N) is 2. The molecule has 1 amide bonds. The van der Waals surface area contributed by atoms with E-state index >= 15 is 0 Å². The lowest BCUT2D eigenvalue weighted by Gasteiger charge is -2.13. The normalized spacial score (nSPS) is 11.7. The van der Waals surface area contributed by atoms with Crippen LogP contribution in [0.25, 0.3) is 11.5 Å². The summed E-state index contributed by atoms with van der Waals surface area (Å²) in [5.74, 6) is -1.14. The van der Waals surface area contributed by atoms with Crippen LogP contribution in [0, 0.1) is 0 Å². The Labute approximate surface area is 149 Å². The predicted molar refractivity (Wildman–Crippen MR) is 96.9 cm³/mol. The highest BCUT2D eigenvalue weighted by Gasteiger charge is 2.19. The summed E-state index contributed by atoms with van der Waals surface area (Å²) in [4.78, 5) is 35.0. The van der Waals surface area contributed by atoms with E-state index in [2.05, 4.69) is 20.3 Å². The summed E-state index contributed by atoms with van der Waals surface area (Å²) in [6, 6.07) is 14.8. The second kappa shape index (κ2) is 7.60. The third-order valence-corrected chi connectivity index (χ3v) is 3.95. The molecule has 3 aromatic rings. The summed E-state index contributed by atoms with van der Waals surface area (Å²) in [5.41, 5.74) is 0.359. The molecule has 2 heterocycles. The number of benzene rings is 1. The Hall–Kier alpha value is -3.48. The first-order valence-electron chi connectivity index (χ1n) is 8.14. The highest BCUT2D eigenvalue weighted by Crippen LogP contribution is 2.16. The van der Waals surface area contributed by atoms with Crippen molar-refractivity contribution in [3.63, 3.8) is 0 Å². The van der Waals surface area contributed by atoms with Crippen LogP contribution in [-0.4, -0.2) is 32.5 Å². The van der Waals surface area contributed by atoms with Crippen LogP contribution in [0.1, 0.15) is 28.9 Å². The smallest absolute Gasteiger partial charge is 0.294 e. The molecule has 26 heavy (non-hydrogen) atoms. The van der Waals surface area contributed by atoms with Crippen molar-refractivity contribution < 1.29 is 9.90 Å². The van der Waals surface area contributed by atoms with Gasteiger partial charge in [-0.3, -0.25) is 14.6 Å². The number of pyridine rings is 1. The van der Waals surface area contributed by atoms with Crippen LogP contribution < -0.4 is 10.9 Å². The molecule has 132 valence electrons. The van der Waals surface area contributed by atoms with Crippen LogP contribution in [0.5, 0.6) is 5.75 Å². The monoisotopic (exact) mass is 350 g/mol. The fourth-order valence-corrected chi connectivity index (χ4v) is 2.48. The number of carbonyl (C=O) groups excluding carboxylic acids is 1. The van der Waals surface area contributed by atoms with Gasteiger partial charge in [0.25, 0.3) is 11.5 Å². The number of aromatic amines is 1. The number of aromatic hydroxyl groups is 1. The maximum absolute atomic E-state index is 12.4. The lowest BCUT2D eigenvalue weighted by atomic mass is 10.0. The van der Waals surface area contributed by atoms with E-state index in [4.69, 9.17) is 0 Å². The maximum atomic E-state index is 12.4. The van der Waals surface area contributed by atoms with Crippen molar-refractivity contribution in [2.75, 3.05) is 6.54 Å². The van der Waals surface area contributed by atoms with E-state index in [0.717, 1.165) is 5.56 Å². The number of hydrogen-bond acceptors (Lipinski definition) is 5. The molecule has 0 aliphatic heterocycles. The van der Waals surface area contributed by atoms with Gasteiger partial charge < -0.3 is 15.4 Å². The van der Waals surface area contributed by atoms with Crippen LogP contribution in [0.15, 0.2) is 59.5 Å². The molecule has 0 radical (unpaired) electrons. The van der Waals surface area contributed by atoms with Crippen LogP contribution in [0.2, 0.25) is 0 Å². The minimum atomic E-state index is -0.790. The predicted octanol–water partition coefficient (Wildman–Crippen LogP) is 2.07. The van der Waals surface area contributed by atoms with Crippen LogP contribution in [0.4, 0.5) is 0 Å². The van der Waals surface area contributed by atoms with Crippen molar-refractivity contribution in [1.82, 2.24) is 20.3 Å². The summed E-state index contributed by atoms with van der Waals surface area (Å²) in [7, 11) is 0. The molecule has 2 aromatic heterocycles. The second-order valence-electron chi connectivity index (χ2n) is 5.85. The Morgan fingerprint density at radius 1 is 1.19 bits per heavy atom. The molecule has 7 nitrogen and oxygen atoms in total. The highest BCUT2D eigenvalue weighted by atomic mass is 16.3. The molecule has 0 aliphatic rings. The molecule has 3 rings (SSSR count). The number of H-pyrrole nitrogens is 1. The average Bonchev–Trinajstić information content (AvgIpc) is 2.69. The lowest BCUT2D eigenvalue weighted by molar-refractivity contribution is 0.0943. The van der Waals surface area contributed by atoms with E-state index in [1.165, 1.54) is 0 Å². The minimum Gasteiger partial charge on any atom is -0.501 e. The van der Waals surface area contributed by atoms with Gasteiger partial charge in [-0.05, 0) is 23.6 Å². The number of rotatable bonds is 5. The van der Waals surface area contributed by atoms with Gasteiger partial charge in [0.1, 0.15) is 5.69 Å². The molecule has 1 aromatic carbocycles. The van der Waals surface area contributed by atoms with Crippen molar-refractivity contribution in [2.24, 2.45) is 0 Å². The Morgan fingerprint density at radius 3 is 2.62 bits per heavy atom. The second-order valence-corrected chi connectivity index (χ2v) is 5.85. The maximum Gasteiger partial charge on any atom is 0.294 e. The number of hydrogen-bond donors (Lipinski definition) is 3. The average molecular weight is 350 g/mol. The first-order chi connectivity index (χ1) is 12.6. The third-order valence-electron chi connectivity index (χ3n) is 3.95. The summed E-state index contributed by atoms with van der Waals surface area (Å²) >= 11 is 0. The molecule has 7 heteroatoms. The minimum absolute atomic E-state index is 0.0690. The van der Waals surface area contributed by atoms with E-state index in [1.54, 1.807) is 24.4 Å². The van der Waals surface area contributed by atoms with Gasteiger partial charge in [0.05, 0.1) is 0 Å². The number of amides is 1. The summed E-state index contributed by atoms with van der Waals surface area (Å²) in [6.45, 7) is 2.32. The van der Waals surface area contributed by atoms with Gasteiger partial charge >= 0.3 is 0 Å². The molecular weight excluding hydrogens is 332 g/mol. The van der Waals surface area contributed by atoms with Gasteiger partial charge in [-0.15, -0.1) is 0 Å². The largest absolute Gasteiger partial charge is 0.501 e. The quantitative estimate of drug-likeness (QED) is 0.653. The lowest BCUT2D eigenvalue weighted by Crippen LogP contribution is -2.30. The zero-order chi connectivity index (χ0) is 18.5. The van der Waals surface area contributed by atoms with Crippen molar-refractivity contribution in [1.29, 1.82) is 0 Å². The summed E-state index contributed by atoms with van der Waals surface area (Å²) < 4.78 is 0.